The summed E-state index contributed by atoms with van der Waals surface area (Å²) in [5, 5.41) is 16.2. The minimum Gasteiger partial charge on any atom is -0.444 e. The monoisotopic (exact) mass is 558 g/mol. The van der Waals surface area contributed by atoms with Crippen LogP contribution in [0.5, 0.6) is 0 Å². The molecule has 39 heavy (non-hydrogen) atoms. The molecule has 0 unspecified atom stereocenters. The summed E-state index contributed by atoms with van der Waals surface area (Å²) in [4.78, 5) is 23.8. The Balaban J connectivity index is 1.99. The minimum atomic E-state index is -2.90. The molecule has 0 saturated carbocycles. The summed E-state index contributed by atoms with van der Waals surface area (Å²) in [5.74, 6) is -1.03. The molecule has 3 rings (SSSR count). The molecule has 1 heterocycles. The molecule has 214 valence electrons. The number of alkyl carbamates (subject to hydrolysis) is 1. The Morgan fingerprint density at radius 1 is 1.00 bits per heavy atom. The van der Waals surface area contributed by atoms with E-state index in [0.717, 1.165) is 10.4 Å². The van der Waals surface area contributed by atoms with Crippen molar-refractivity contribution in [1.82, 2.24) is 5.32 Å². The molecule has 1 fully saturated rings. The van der Waals surface area contributed by atoms with Crippen LogP contribution in [0, 0.1) is 10.1 Å². The van der Waals surface area contributed by atoms with Crippen molar-refractivity contribution in [3.05, 3.63) is 70.8 Å². The Bertz CT molecular complexity index is 1070. The molecule has 3 atom stereocenters. The number of nitro groups is 1. The molecule has 1 aliphatic heterocycles. The van der Waals surface area contributed by atoms with Crippen molar-refractivity contribution in [3.63, 3.8) is 0 Å². The second-order valence-corrected chi connectivity index (χ2v) is 16.7. The molecule has 9 nitrogen and oxygen atoms in total. The van der Waals surface area contributed by atoms with Gasteiger partial charge in [0.1, 0.15) is 23.9 Å². The molecular formula is C29H42N2O7Si. The highest BCUT2D eigenvalue weighted by atomic mass is 28.4. The zero-order valence-corrected chi connectivity index (χ0v) is 25.2. The predicted octanol–water partition coefficient (Wildman–Crippen LogP) is 4.25. The largest absolute Gasteiger partial charge is 0.444 e. The van der Waals surface area contributed by atoms with Gasteiger partial charge in [-0.25, -0.2) is 4.79 Å². The first kappa shape index (κ1) is 30.7. The van der Waals surface area contributed by atoms with Crippen LogP contribution in [0.1, 0.15) is 55.4 Å². The molecule has 0 spiro atoms. The van der Waals surface area contributed by atoms with Gasteiger partial charge in [0.05, 0.1) is 6.61 Å². The van der Waals surface area contributed by atoms with Gasteiger partial charge in [-0.2, -0.15) is 0 Å². The van der Waals surface area contributed by atoms with Gasteiger partial charge >= 0.3 is 6.09 Å². The average Bonchev–Trinajstić information content (AvgIpc) is 3.12. The summed E-state index contributed by atoms with van der Waals surface area (Å²) in [7, 11) is -2.90. The van der Waals surface area contributed by atoms with Crippen LogP contribution >= 0.6 is 0 Å². The maximum absolute atomic E-state index is 12.6. The highest BCUT2D eigenvalue weighted by molar-refractivity contribution is 6.99. The molecule has 1 aliphatic rings. The van der Waals surface area contributed by atoms with Gasteiger partial charge in [0.25, 0.3) is 8.32 Å². The van der Waals surface area contributed by atoms with Crippen molar-refractivity contribution in [2.24, 2.45) is 0 Å². The van der Waals surface area contributed by atoms with E-state index in [9.17, 15) is 14.9 Å². The van der Waals surface area contributed by atoms with Gasteiger partial charge in [-0.3, -0.25) is 10.1 Å². The van der Waals surface area contributed by atoms with Gasteiger partial charge < -0.3 is 24.0 Å². The van der Waals surface area contributed by atoms with Crippen molar-refractivity contribution in [1.29, 1.82) is 0 Å². The third-order valence-corrected chi connectivity index (χ3v) is 11.6. The van der Waals surface area contributed by atoms with Crippen molar-refractivity contribution in [3.8, 4) is 0 Å². The second kappa shape index (κ2) is 11.8. The van der Waals surface area contributed by atoms with Crippen LogP contribution in [0.15, 0.2) is 60.7 Å². The summed E-state index contributed by atoms with van der Waals surface area (Å²) < 4.78 is 24.8. The number of hydrogen-bond acceptors (Lipinski definition) is 7. The number of nitrogens with one attached hydrogen (secondary N) is 1. The molecule has 2 aromatic rings. The first-order chi connectivity index (χ1) is 18.0. The smallest absolute Gasteiger partial charge is 0.408 e. The Kier molecular flexibility index (Phi) is 9.26. The number of nitrogens with zero attached hydrogens (tertiary/aromatic N) is 1. The number of carbonyl (C=O) groups is 1. The van der Waals surface area contributed by atoms with Crippen LogP contribution in [0.25, 0.3) is 0 Å². The number of carbonyl (C=O) groups excluding carboxylic acids is 1. The summed E-state index contributed by atoms with van der Waals surface area (Å²) in [5.41, 5.74) is -0.763. The lowest BCUT2D eigenvalue weighted by molar-refractivity contribution is -0.485. The van der Waals surface area contributed by atoms with Crippen molar-refractivity contribution < 1.29 is 28.4 Å². The second-order valence-electron chi connectivity index (χ2n) is 12.4. The van der Waals surface area contributed by atoms with E-state index in [-0.39, 0.29) is 11.6 Å². The third-order valence-electron chi connectivity index (χ3n) is 6.55. The fraction of sp³-hybridized carbons (Fsp3) is 0.552. The van der Waals surface area contributed by atoms with E-state index in [0.29, 0.717) is 0 Å². The molecule has 2 aromatic carbocycles. The van der Waals surface area contributed by atoms with Gasteiger partial charge in [0.2, 0.25) is 6.54 Å². The van der Waals surface area contributed by atoms with Crippen LogP contribution < -0.4 is 15.7 Å². The van der Waals surface area contributed by atoms with Crippen molar-refractivity contribution in [2.75, 3.05) is 13.2 Å². The topological polar surface area (TPSA) is 109 Å². The van der Waals surface area contributed by atoms with Crippen molar-refractivity contribution in [2.45, 2.75) is 90.1 Å². The first-order valence-electron chi connectivity index (χ1n) is 13.3. The lowest BCUT2D eigenvalue weighted by atomic mass is 10.1. The standard InChI is InChI=1S/C29H42N2O7Si/c1-27(2,3)38-26(32)30-23(19-31(33)34)25-24(36-29(7,8)37-25)20-35-39(28(4,5)6,21-15-11-9-12-16-21)22-17-13-10-14-18-22/h9-18,23-25H,19-20H2,1-8H3,(H,30,32)/t23-,24+,25-/m0/s1. The van der Waals surface area contributed by atoms with Crippen LogP contribution in [0.3, 0.4) is 0 Å². The van der Waals surface area contributed by atoms with Crippen LogP contribution in [-0.2, 0) is 18.6 Å². The number of benzene rings is 2. The van der Waals surface area contributed by atoms with E-state index in [1.165, 1.54) is 0 Å². The van der Waals surface area contributed by atoms with E-state index >= 15 is 0 Å². The summed E-state index contributed by atoms with van der Waals surface area (Å²) >= 11 is 0. The van der Waals surface area contributed by atoms with Gasteiger partial charge in [-0.05, 0) is 50.0 Å². The molecule has 1 amide bonds. The first-order valence-corrected chi connectivity index (χ1v) is 15.2. The SMILES string of the molecule is CC(C)(C)OC(=O)N[C@@H](C[N+](=O)[O-])[C@@H]1OC(C)(C)O[C@@H]1CO[Si](c1ccccc1)(c1ccccc1)C(C)(C)C. The van der Waals surface area contributed by atoms with E-state index in [2.05, 4.69) is 50.4 Å². The molecule has 0 radical (unpaired) electrons. The van der Waals surface area contributed by atoms with Gasteiger partial charge in [0, 0.05) is 4.92 Å². The van der Waals surface area contributed by atoms with E-state index in [1.807, 2.05) is 36.4 Å². The van der Waals surface area contributed by atoms with Crippen molar-refractivity contribution >= 4 is 24.8 Å². The fourth-order valence-electron chi connectivity index (χ4n) is 5.15. The fourth-order valence-corrected chi connectivity index (χ4v) is 9.72. The Morgan fingerprint density at radius 2 is 1.51 bits per heavy atom. The zero-order chi connectivity index (χ0) is 29.1. The summed E-state index contributed by atoms with van der Waals surface area (Å²) in [6.45, 7) is 14.8. The molecule has 1 saturated heterocycles. The normalized spacial score (nSPS) is 20.3. The van der Waals surface area contributed by atoms with Crippen LogP contribution in [-0.4, -0.2) is 62.1 Å². The maximum atomic E-state index is 12.6. The number of rotatable bonds is 9. The highest BCUT2D eigenvalue weighted by Gasteiger charge is 2.53. The summed E-state index contributed by atoms with van der Waals surface area (Å²) in [6, 6.07) is 19.4. The van der Waals surface area contributed by atoms with Crippen LogP contribution in [0.2, 0.25) is 5.04 Å². The quantitative estimate of drug-likeness (QED) is 0.278. The van der Waals surface area contributed by atoms with Gasteiger partial charge in [-0.15, -0.1) is 0 Å². The van der Waals surface area contributed by atoms with Crippen LogP contribution in [0.4, 0.5) is 4.79 Å². The Hall–Kier alpha value is -2.79. The van der Waals surface area contributed by atoms with Gasteiger partial charge in [-0.1, -0.05) is 81.4 Å². The number of ether oxygens (including phenoxy) is 3. The van der Waals surface area contributed by atoms with Gasteiger partial charge in [0.15, 0.2) is 5.79 Å². The molecular weight excluding hydrogens is 516 g/mol. The number of amides is 1. The Morgan fingerprint density at radius 3 is 1.95 bits per heavy atom. The third kappa shape index (κ3) is 7.66. The lowest BCUT2D eigenvalue weighted by Crippen LogP contribution is -2.67. The minimum absolute atomic E-state index is 0.117. The summed E-state index contributed by atoms with van der Waals surface area (Å²) in [6.07, 6.45) is -2.27. The molecule has 1 N–H and O–H groups in total. The average molecular weight is 559 g/mol. The van der Waals surface area contributed by atoms with E-state index in [4.69, 9.17) is 18.6 Å². The lowest BCUT2D eigenvalue weighted by Gasteiger charge is -2.43. The maximum Gasteiger partial charge on any atom is 0.408 e. The Labute approximate surface area is 232 Å². The van der Waals surface area contributed by atoms with E-state index in [1.54, 1.807) is 34.6 Å². The zero-order valence-electron chi connectivity index (χ0n) is 24.2. The van der Waals surface area contributed by atoms with E-state index < -0.39 is 55.5 Å². The highest BCUT2D eigenvalue weighted by Crippen LogP contribution is 2.38. The molecule has 10 heteroatoms. The molecule has 0 aliphatic carbocycles. The molecule has 0 bridgehead atoms. The number of hydrogen-bond donors (Lipinski definition) is 1. The molecule has 0 aromatic heterocycles. The predicted molar refractivity (Wildman–Crippen MR) is 152 cm³/mol.